The summed E-state index contributed by atoms with van der Waals surface area (Å²) in [6.45, 7) is 6.13. The summed E-state index contributed by atoms with van der Waals surface area (Å²) >= 11 is 6.54. The van der Waals surface area contributed by atoms with E-state index >= 15 is 0 Å². The number of halogens is 4. The lowest BCUT2D eigenvalue weighted by Crippen LogP contribution is -2.43. The number of rotatable bonds is 8. The van der Waals surface area contributed by atoms with E-state index in [1.807, 2.05) is 19.1 Å². The molecule has 1 fully saturated rings. The van der Waals surface area contributed by atoms with E-state index in [1.54, 1.807) is 33.7 Å². The number of nitrogens with zero attached hydrogens (tertiary/aromatic N) is 5. The summed E-state index contributed by atoms with van der Waals surface area (Å²) in [5.74, 6) is 0.496. The number of carbonyl (C=O) groups is 1. The minimum Gasteiger partial charge on any atom is -0.482 e. The zero-order valence-corrected chi connectivity index (χ0v) is 24.8. The van der Waals surface area contributed by atoms with Gasteiger partial charge < -0.3 is 23.5 Å². The molecular weight excluding hydrogens is 599 g/mol. The molecule has 0 spiro atoms. The third-order valence-corrected chi connectivity index (χ3v) is 8.07. The maximum absolute atomic E-state index is 13.7. The van der Waals surface area contributed by atoms with Gasteiger partial charge in [-0.25, -0.2) is 9.97 Å². The number of benzene rings is 1. The molecule has 3 aromatic heterocycles. The molecule has 2 aliphatic rings. The van der Waals surface area contributed by atoms with Crippen LogP contribution in [-0.4, -0.2) is 76.1 Å². The molecule has 0 aliphatic carbocycles. The van der Waals surface area contributed by atoms with Crippen molar-refractivity contribution in [3.63, 3.8) is 0 Å². The van der Waals surface area contributed by atoms with Crippen LogP contribution in [0.15, 0.2) is 54.9 Å². The van der Waals surface area contributed by atoms with E-state index in [9.17, 15) is 18.0 Å². The largest absolute Gasteiger partial charge is 0.482 e. The Bertz CT molecular complexity index is 1640. The van der Waals surface area contributed by atoms with Crippen LogP contribution in [0.25, 0.3) is 5.65 Å². The van der Waals surface area contributed by atoms with Gasteiger partial charge in [-0.3, -0.25) is 9.69 Å². The van der Waals surface area contributed by atoms with E-state index in [0.717, 1.165) is 37.3 Å². The van der Waals surface area contributed by atoms with E-state index in [0.29, 0.717) is 59.8 Å². The second-order valence-corrected chi connectivity index (χ2v) is 11.0. The fraction of sp³-hybridized carbons (Fsp3) is 0.387. The lowest BCUT2D eigenvalue weighted by atomic mass is 9.96. The number of pyridine rings is 2. The highest BCUT2D eigenvalue weighted by molar-refractivity contribution is 6.32. The molecule has 0 radical (unpaired) electrons. The maximum atomic E-state index is 13.7. The predicted molar refractivity (Wildman–Crippen MR) is 156 cm³/mol. The van der Waals surface area contributed by atoms with Gasteiger partial charge in [0.15, 0.2) is 6.61 Å². The van der Waals surface area contributed by atoms with Crippen molar-refractivity contribution in [3.8, 4) is 11.6 Å². The highest BCUT2D eigenvalue weighted by atomic mass is 35.5. The summed E-state index contributed by atoms with van der Waals surface area (Å²) in [6.07, 6.45) is -1.18. The lowest BCUT2D eigenvalue weighted by Gasteiger charge is -2.35. The molecule has 0 saturated carbocycles. The Balaban J connectivity index is 1.26. The first kappa shape index (κ1) is 30.2. The van der Waals surface area contributed by atoms with Crippen LogP contribution in [-0.2, 0) is 28.7 Å². The molecule has 0 N–H and O–H groups in total. The van der Waals surface area contributed by atoms with E-state index in [-0.39, 0.29) is 24.7 Å². The summed E-state index contributed by atoms with van der Waals surface area (Å²) in [6, 6.07) is 10.4. The molecule has 1 unspecified atom stereocenters. The molecule has 1 atom stereocenters. The second kappa shape index (κ2) is 12.6. The molecule has 232 valence electrons. The number of morpholine rings is 1. The summed E-state index contributed by atoms with van der Waals surface area (Å²) in [7, 11) is 0. The molecule has 9 nitrogen and oxygen atoms in total. The second-order valence-electron chi connectivity index (χ2n) is 10.6. The van der Waals surface area contributed by atoms with Gasteiger partial charge >= 0.3 is 6.18 Å². The van der Waals surface area contributed by atoms with Gasteiger partial charge in [0.1, 0.15) is 17.4 Å². The molecular formula is C31H31ClF3N5O4. The molecule has 13 heteroatoms. The Morgan fingerprint density at radius 2 is 1.91 bits per heavy atom. The highest BCUT2D eigenvalue weighted by Crippen LogP contribution is 2.38. The summed E-state index contributed by atoms with van der Waals surface area (Å²) in [4.78, 5) is 26.6. The number of fused-ring (bicyclic) bond motifs is 3. The molecule has 2 aliphatic heterocycles. The fourth-order valence-electron chi connectivity index (χ4n) is 5.66. The minimum absolute atomic E-state index is 0.156. The number of carbonyl (C=O) groups excluding carboxylic acids is 1. The molecule has 6 rings (SSSR count). The van der Waals surface area contributed by atoms with Gasteiger partial charge in [0.05, 0.1) is 41.8 Å². The van der Waals surface area contributed by atoms with E-state index in [2.05, 4.69) is 14.9 Å². The summed E-state index contributed by atoms with van der Waals surface area (Å²) in [5, 5.41) is 0.402. The Kier molecular flexibility index (Phi) is 8.66. The average Bonchev–Trinajstić information content (AvgIpc) is 3.39. The number of ether oxygens (including phenoxy) is 3. The lowest BCUT2D eigenvalue weighted by molar-refractivity contribution is -0.137. The number of alkyl halides is 3. The maximum Gasteiger partial charge on any atom is 0.416 e. The Labute approximate surface area is 257 Å². The quantitative estimate of drug-likeness (QED) is 0.266. The SMILES string of the molecule is CCOc1ccc(C2c3c(nc4cc(C(F)(F)F)ccn34)CCN2C(=O)COc2ccc(CN3CCOCC3)cc2Cl)cn1. The summed E-state index contributed by atoms with van der Waals surface area (Å²) < 4.78 is 58.8. The van der Waals surface area contributed by atoms with Gasteiger partial charge in [0.2, 0.25) is 5.88 Å². The van der Waals surface area contributed by atoms with Crippen LogP contribution in [0, 0.1) is 0 Å². The predicted octanol–water partition coefficient (Wildman–Crippen LogP) is 5.19. The highest BCUT2D eigenvalue weighted by Gasteiger charge is 2.37. The Morgan fingerprint density at radius 1 is 1.09 bits per heavy atom. The van der Waals surface area contributed by atoms with Crippen molar-refractivity contribution < 1.29 is 32.2 Å². The van der Waals surface area contributed by atoms with Gasteiger partial charge in [-0.2, -0.15) is 13.2 Å². The zero-order chi connectivity index (χ0) is 30.8. The molecule has 1 amide bonds. The standard InChI is InChI=1S/C31H31ClF3N5O4/c1-2-43-27-6-4-21(17-36-27)29-30-24(37-26-16-22(31(33,34)35)7-9-39(26)30)8-10-40(29)28(41)19-44-25-5-3-20(15-23(25)32)18-38-11-13-42-14-12-38/h3-7,9,15-17,29H,2,8,10-14,18-19H2,1H3. The molecule has 0 bridgehead atoms. The molecule has 1 saturated heterocycles. The third kappa shape index (κ3) is 6.33. The Morgan fingerprint density at radius 3 is 2.61 bits per heavy atom. The van der Waals surface area contributed by atoms with Crippen molar-refractivity contribution in [3.05, 3.63) is 88.0 Å². The van der Waals surface area contributed by atoms with Crippen LogP contribution in [0.3, 0.4) is 0 Å². The van der Waals surface area contributed by atoms with Gasteiger partial charge in [0, 0.05) is 51.1 Å². The Hall–Kier alpha value is -3.87. The average molecular weight is 630 g/mol. The van der Waals surface area contributed by atoms with Crippen LogP contribution < -0.4 is 9.47 Å². The zero-order valence-electron chi connectivity index (χ0n) is 24.0. The van der Waals surface area contributed by atoms with Crippen LogP contribution in [0.2, 0.25) is 5.02 Å². The minimum atomic E-state index is -4.51. The van der Waals surface area contributed by atoms with E-state index < -0.39 is 17.8 Å². The van der Waals surface area contributed by atoms with Crippen molar-refractivity contribution in [2.45, 2.75) is 32.1 Å². The van der Waals surface area contributed by atoms with Crippen molar-refractivity contribution in [2.24, 2.45) is 0 Å². The first-order valence-corrected chi connectivity index (χ1v) is 14.8. The number of hydrogen-bond acceptors (Lipinski definition) is 7. The summed E-state index contributed by atoms with van der Waals surface area (Å²) in [5.41, 5.74) is 2.28. The smallest absolute Gasteiger partial charge is 0.416 e. The first-order chi connectivity index (χ1) is 21.2. The number of hydrogen-bond donors (Lipinski definition) is 0. The van der Waals surface area contributed by atoms with E-state index in [4.69, 9.17) is 25.8 Å². The van der Waals surface area contributed by atoms with Gasteiger partial charge in [0.25, 0.3) is 5.91 Å². The first-order valence-electron chi connectivity index (χ1n) is 14.4. The van der Waals surface area contributed by atoms with E-state index in [1.165, 1.54) is 6.20 Å². The van der Waals surface area contributed by atoms with Crippen molar-refractivity contribution in [1.29, 1.82) is 0 Å². The van der Waals surface area contributed by atoms with Gasteiger partial charge in [-0.05, 0) is 48.4 Å². The number of imidazole rings is 1. The van der Waals surface area contributed by atoms with Crippen molar-refractivity contribution in [2.75, 3.05) is 46.1 Å². The van der Waals surface area contributed by atoms with Crippen LogP contribution in [0.1, 0.15) is 41.0 Å². The third-order valence-electron chi connectivity index (χ3n) is 7.77. The molecule has 1 aromatic carbocycles. The topological polar surface area (TPSA) is 81.4 Å². The fourth-order valence-corrected chi connectivity index (χ4v) is 5.92. The van der Waals surface area contributed by atoms with Crippen molar-refractivity contribution in [1.82, 2.24) is 24.2 Å². The number of aromatic nitrogens is 3. The molecule has 44 heavy (non-hydrogen) atoms. The van der Waals surface area contributed by atoms with Crippen molar-refractivity contribution >= 4 is 23.2 Å². The van der Waals surface area contributed by atoms with Crippen LogP contribution in [0.5, 0.6) is 11.6 Å². The number of amides is 1. The monoisotopic (exact) mass is 629 g/mol. The normalized spacial score (nSPS) is 17.5. The van der Waals surface area contributed by atoms with Crippen LogP contribution >= 0.6 is 11.6 Å². The van der Waals surface area contributed by atoms with Gasteiger partial charge in [-0.15, -0.1) is 0 Å². The molecule has 5 heterocycles. The van der Waals surface area contributed by atoms with Gasteiger partial charge in [-0.1, -0.05) is 17.7 Å². The molecule has 4 aromatic rings. The van der Waals surface area contributed by atoms with Crippen LogP contribution in [0.4, 0.5) is 13.2 Å².